The van der Waals surface area contributed by atoms with E-state index in [0.717, 1.165) is 56.0 Å². The van der Waals surface area contributed by atoms with Gasteiger partial charge in [-0.3, -0.25) is 4.79 Å². The number of fused-ring (bicyclic) bond motifs is 2. The minimum absolute atomic E-state index is 0.0437. The number of likely N-dealkylation sites (tertiary alicyclic amines) is 1. The van der Waals surface area contributed by atoms with Crippen LogP contribution in [-0.2, 0) is 30.2 Å². The van der Waals surface area contributed by atoms with E-state index < -0.39 is 0 Å². The Bertz CT molecular complexity index is 823. The van der Waals surface area contributed by atoms with Crippen molar-refractivity contribution in [2.75, 3.05) is 39.4 Å². The minimum Gasteiger partial charge on any atom is -0.395 e. The molecule has 2 N–H and O–H groups in total. The summed E-state index contributed by atoms with van der Waals surface area (Å²) >= 11 is 1.56. The number of carbonyl (C=O) groups excluding carboxylic acids is 1. The number of rotatable bonds is 6. The fourth-order valence-corrected chi connectivity index (χ4v) is 5.52. The van der Waals surface area contributed by atoms with Crippen molar-refractivity contribution in [1.82, 2.24) is 19.8 Å². The summed E-state index contributed by atoms with van der Waals surface area (Å²) in [7, 11) is 2.04. The summed E-state index contributed by atoms with van der Waals surface area (Å²) in [5.74, 6) is 1.02. The van der Waals surface area contributed by atoms with E-state index in [2.05, 4.69) is 19.8 Å². The number of aromatic nitrogens is 2. The van der Waals surface area contributed by atoms with Gasteiger partial charge < -0.3 is 24.6 Å². The Balaban J connectivity index is 1.41. The van der Waals surface area contributed by atoms with E-state index in [9.17, 15) is 4.79 Å². The molecule has 0 radical (unpaired) electrons. The van der Waals surface area contributed by atoms with Crippen molar-refractivity contribution < 1.29 is 14.6 Å². The van der Waals surface area contributed by atoms with Crippen LogP contribution in [0.15, 0.2) is 18.5 Å². The van der Waals surface area contributed by atoms with Crippen LogP contribution in [0.5, 0.6) is 0 Å². The lowest BCUT2D eigenvalue weighted by molar-refractivity contribution is -0.0949. The quantitative estimate of drug-likeness (QED) is 0.759. The molecule has 2 aromatic rings. The third-order valence-corrected chi connectivity index (χ3v) is 7.19. The first-order chi connectivity index (χ1) is 13.6. The highest BCUT2D eigenvalue weighted by Crippen LogP contribution is 2.45. The fourth-order valence-electron chi connectivity index (χ4n) is 4.20. The lowest BCUT2D eigenvalue weighted by atomic mass is 9.85. The van der Waals surface area contributed by atoms with Gasteiger partial charge >= 0.3 is 0 Å². The Labute approximate surface area is 169 Å². The fraction of sp³-hybridized carbons (Fsp3) is 0.600. The molecule has 4 heterocycles. The third kappa shape index (κ3) is 3.87. The second kappa shape index (κ2) is 8.32. The number of thiophene rings is 1. The van der Waals surface area contributed by atoms with Crippen LogP contribution >= 0.6 is 11.3 Å². The van der Waals surface area contributed by atoms with Crippen molar-refractivity contribution in [3.8, 4) is 0 Å². The number of aliphatic hydroxyl groups is 1. The summed E-state index contributed by atoms with van der Waals surface area (Å²) < 4.78 is 8.40. The highest BCUT2D eigenvalue weighted by Gasteiger charge is 2.42. The molecule has 4 rings (SSSR count). The Morgan fingerprint density at radius 2 is 2.25 bits per heavy atom. The van der Waals surface area contributed by atoms with Crippen LogP contribution in [0.25, 0.3) is 0 Å². The predicted molar refractivity (Wildman–Crippen MR) is 108 cm³/mol. The summed E-state index contributed by atoms with van der Waals surface area (Å²) in [6, 6.07) is 2.02. The molecule has 1 saturated heterocycles. The number of aliphatic hydroxyl groups excluding tert-OH is 1. The summed E-state index contributed by atoms with van der Waals surface area (Å²) in [6.07, 6.45) is 7.57. The molecule has 0 bridgehead atoms. The largest absolute Gasteiger partial charge is 0.395 e. The number of nitrogens with one attached hydrogen (secondary N) is 1. The van der Waals surface area contributed by atoms with Gasteiger partial charge in [0.2, 0.25) is 0 Å². The van der Waals surface area contributed by atoms with E-state index >= 15 is 0 Å². The Kier molecular flexibility index (Phi) is 5.82. The van der Waals surface area contributed by atoms with Gasteiger partial charge in [-0.1, -0.05) is 0 Å². The van der Waals surface area contributed by atoms with Gasteiger partial charge in [0.05, 0.1) is 18.1 Å². The maximum atomic E-state index is 12.3. The first kappa shape index (κ1) is 19.6. The van der Waals surface area contributed by atoms with Crippen LogP contribution in [0.2, 0.25) is 0 Å². The molecular formula is C20H28N4O3S. The zero-order chi connectivity index (χ0) is 19.6. The Morgan fingerprint density at radius 1 is 1.43 bits per heavy atom. The summed E-state index contributed by atoms with van der Waals surface area (Å²) in [5, 5.41) is 11.7. The molecule has 2 aromatic heterocycles. The summed E-state index contributed by atoms with van der Waals surface area (Å²) in [5.41, 5.74) is 1.01. The average molecular weight is 405 g/mol. The first-order valence-electron chi connectivity index (χ1n) is 9.96. The van der Waals surface area contributed by atoms with Crippen molar-refractivity contribution in [2.24, 2.45) is 7.05 Å². The topological polar surface area (TPSA) is 79.6 Å². The van der Waals surface area contributed by atoms with Crippen molar-refractivity contribution in [1.29, 1.82) is 0 Å². The zero-order valence-corrected chi connectivity index (χ0v) is 17.1. The monoisotopic (exact) mass is 404 g/mol. The third-order valence-electron chi connectivity index (χ3n) is 5.83. The number of nitrogens with zero attached hydrogens (tertiary/aromatic N) is 3. The lowest BCUT2D eigenvalue weighted by Gasteiger charge is -2.43. The molecule has 1 fully saturated rings. The molecule has 0 atom stereocenters. The van der Waals surface area contributed by atoms with Crippen molar-refractivity contribution >= 4 is 17.2 Å². The first-order valence-corrected chi connectivity index (χ1v) is 10.8. The summed E-state index contributed by atoms with van der Waals surface area (Å²) in [6.45, 7) is 3.95. The van der Waals surface area contributed by atoms with Gasteiger partial charge in [0, 0.05) is 56.9 Å². The van der Waals surface area contributed by atoms with E-state index in [1.807, 2.05) is 25.5 Å². The van der Waals surface area contributed by atoms with Crippen LogP contribution < -0.4 is 5.32 Å². The van der Waals surface area contributed by atoms with Gasteiger partial charge in [-0.05, 0) is 30.9 Å². The van der Waals surface area contributed by atoms with Crippen LogP contribution in [0, 0.1) is 0 Å². The number of imidazole rings is 1. The molecule has 0 unspecified atom stereocenters. The molecule has 1 spiro atoms. The van der Waals surface area contributed by atoms with Gasteiger partial charge in [0.15, 0.2) is 0 Å². The van der Waals surface area contributed by atoms with Crippen molar-refractivity contribution in [3.05, 3.63) is 39.6 Å². The van der Waals surface area contributed by atoms with Gasteiger partial charge in [-0.25, -0.2) is 4.98 Å². The van der Waals surface area contributed by atoms with Crippen LogP contribution in [0.4, 0.5) is 0 Å². The predicted octanol–water partition coefficient (Wildman–Crippen LogP) is 1.31. The van der Waals surface area contributed by atoms with E-state index in [1.54, 1.807) is 11.3 Å². The highest BCUT2D eigenvalue weighted by atomic mass is 32.1. The van der Waals surface area contributed by atoms with E-state index in [-0.39, 0.29) is 24.7 Å². The molecule has 0 aromatic carbocycles. The number of hydrogen-bond donors (Lipinski definition) is 2. The number of piperidine rings is 1. The Hall–Kier alpha value is -1.74. The molecule has 7 nitrogen and oxygen atoms in total. The number of amides is 1. The lowest BCUT2D eigenvalue weighted by Crippen LogP contribution is -2.46. The highest BCUT2D eigenvalue weighted by molar-refractivity contribution is 7.14. The SMILES string of the molecule is Cn1ccnc1CCN1CCC2(CC1)OCCc1cc(C(=O)NCCO)sc12. The van der Waals surface area contributed by atoms with Gasteiger partial charge in [0.1, 0.15) is 11.4 Å². The number of carbonyl (C=O) groups is 1. The normalized spacial score (nSPS) is 18.9. The molecule has 0 saturated carbocycles. The van der Waals surface area contributed by atoms with Crippen LogP contribution in [0.1, 0.15) is 38.8 Å². The van der Waals surface area contributed by atoms with E-state index in [4.69, 9.17) is 9.84 Å². The van der Waals surface area contributed by atoms with Crippen molar-refractivity contribution in [3.63, 3.8) is 0 Å². The number of ether oxygens (including phenoxy) is 1. The average Bonchev–Trinajstić information content (AvgIpc) is 3.33. The zero-order valence-electron chi connectivity index (χ0n) is 16.3. The van der Waals surface area contributed by atoms with Gasteiger partial charge in [-0.15, -0.1) is 11.3 Å². The minimum atomic E-state index is -0.243. The Morgan fingerprint density at radius 3 is 2.96 bits per heavy atom. The standard InChI is InChI=1S/C20H28N4O3S/c1-23-11-6-21-17(23)2-8-24-9-4-20(5-10-24)18-15(3-13-27-20)14-16(28-18)19(26)22-7-12-25/h6,11,14,25H,2-5,7-10,12-13H2,1H3,(H,22,26). The maximum Gasteiger partial charge on any atom is 0.261 e. The molecule has 1 amide bonds. The van der Waals surface area contributed by atoms with Crippen LogP contribution in [-0.4, -0.2) is 64.9 Å². The maximum absolute atomic E-state index is 12.3. The molecule has 28 heavy (non-hydrogen) atoms. The van der Waals surface area contributed by atoms with Crippen molar-refractivity contribution in [2.45, 2.75) is 31.3 Å². The molecule has 152 valence electrons. The second-order valence-electron chi connectivity index (χ2n) is 7.58. The van der Waals surface area contributed by atoms with Gasteiger partial charge in [-0.2, -0.15) is 0 Å². The van der Waals surface area contributed by atoms with Gasteiger partial charge in [0.25, 0.3) is 5.91 Å². The summed E-state index contributed by atoms with van der Waals surface area (Å²) in [4.78, 5) is 21.2. The number of hydrogen-bond acceptors (Lipinski definition) is 6. The molecule has 2 aliphatic heterocycles. The van der Waals surface area contributed by atoms with Crippen LogP contribution in [0.3, 0.4) is 0 Å². The molecule has 2 aliphatic rings. The van der Waals surface area contributed by atoms with E-state index in [0.29, 0.717) is 6.61 Å². The molecule has 8 heteroatoms. The van der Waals surface area contributed by atoms with E-state index in [1.165, 1.54) is 10.4 Å². The molecular weight excluding hydrogens is 376 g/mol. The smallest absolute Gasteiger partial charge is 0.261 e. The molecule has 0 aliphatic carbocycles. The number of aryl methyl sites for hydroxylation is 1. The second-order valence-corrected chi connectivity index (χ2v) is 8.64.